The predicted molar refractivity (Wildman–Crippen MR) is 68.6 cm³/mol. The molecule has 0 atom stereocenters. The first-order valence-corrected chi connectivity index (χ1v) is 5.71. The molecule has 0 aliphatic heterocycles. The van der Waals surface area contributed by atoms with Crippen LogP contribution in [0.5, 0.6) is 5.88 Å². The van der Waals surface area contributed by atoms with Gasteiger partial charge < -0.3 is 10.1 Å². The van der Waals surface area contributed by atoms with Crippen LogP contribution < -0.4 is 10.1 Å². The summed E-state index contributed by atoms with van der Waals surface area (Å²) in [7, 11) is 3.48. The summed E-state index contributed by atoms with van der Waals surface area (Å²) >= 11 is 0. The van der Waals surface area contributed by atoms with Crippen LogP contribution in [-0.4, -0.2) is 26.9 Å². The van der Waals surface area contributed by atoms with E-state index in [2.05, 4.69) is 20.4 Å². The van der Waals surface area contributed by atoms with Gasteiger partial charge in [0.05, 0.1) is 30.7 Å². The Kier molecular flexibility index (Phi) is 3.45. The maximum Gasteiger partial charge on any atom is 0.211 e. The molecule has 0 unspecified atom stereocenters. The molecule has 0 saturated carbocycles. The molecule has 96 valence electrons. The Morgan fingerprint density at radius 2 is 2.17 bits per heavy atom. The fourth-order valence-electron chi connectivity index (χ4n) is 1.66. The normalized spacial score (nSPS) is 10.4. The monoisotopic (exact) mass is 247 g/mol. The van der Waals surface area contributed by atoms with Crippen molar-refractivity contribution in [3.63, 3.8) is 0 Å². The Balaban J connectivity index is 2.08. The number of anilines is 1. The number of aryl methyl sites for hydroxylation is 3. The lowest BCUT2D eigenvalue weighted by atomic mass is 10.3. The van der Waals surface area contributed by atoms with Gasteiger partial charge in [-0.05, 0) is 13.8 Å². The van der Waals surface area contributed by atoms with Gasteiger partial charge in [-0.15, -0.1) is 0 Å². The quantitative estimate of drug-likeness (QED) is 0.885. The second-order valence-corrected chi connectivity index (χ2v) is 4.10. The van der Waals surface area contributed by atoms with Crippen molar-refractivity contribution in [2.45, 2.75) is 20.4 Å². The van der Waals surface area contributed by atoms with Gasteiger partial charge in [0.1, 0.15) is 5.82 Å². The zero-order valence-corrected chi connectivity index (χ0v) is 11.1. The third-order valence-electron chi connectivity index (χ3n) is 2.61. The lowest BCUT2D eigenvalue weighted by molar-refractivity contribution is 0.373. The Morgan fingerprint density at radius 3 is 2.83 bits per heavy atom. The molecule has 1 N–H and O–H groups in total. The first-order valence-electron chi connectivity index (χ1n) is 5.71. The van der Waals surface area contributed by atoms with E-state index in [1.54, 1.807) is 18.0 Å². The lowest BCUT2D eigenvalue weighted by Gasteiger charge is -2.06. The van der Waals surface area contributed by atoms with Crippen molar-refractivity contribution in [1.29, 1.82) is 0 Å². The van der Waals surface area contributed by atoms with Gasteiger partial charge in [-0.3, -0.25) is 4.98 Å². The molecule has 0 bridgehead atoms. The Morgan fingerprint density at radius 1 is 1.39 bits per heavy atom. The van der Waals surface area contributed by atoms with Crippen LogP contribution >= 0.6 is 0 Å². The number of aromatic nitrogens is 4. The maximum atomic E-state index is 5.17. The van der Waals surface area contributed by atoms with Gasteiger partial charge in [0.25, 0.3) is 0 Å². The molecule has 2 aromatic heterocycles. The zero-order chi connectivity index (χ0) is 13.1. The number of ether oxygens (including phenoxy) is 1. The van der Waals surface area contributed by atoms with E-state index in [0.29, 0.717) is 6.54 Å². The van der Waals surface area contributed by atoms with Crippen molar-refractivity contribution in [2.75, 3.05) is 12.4 Å². The Hall–Kier alpha value is -2.11. The fraction of sp³-hybridized carbons (Fsp3) is 0.417. The summed E-state index contributed by atoms with van der Waals surface area (Å²) in [5.74, 6) is 1.53. The highest BCUT2D eigenvalue weighted by Gasteiger charge is 2.06. The van der Waals surface area contributed by atoms with Gasteiger partial charge in [-0.1, -0.05) is 0 Å². The van der Waals surface area contributed by atoms with Crippen molar-refractivity contribution in [3.05, 3.63) is 29.3 Å². The number of hydrogen-bond acceptors (Lipinski definition) is 5. The van der Waals surface area contributed by atoms with Gasteiger partial charge in [0, 0.05) is 19.3 Å². The first kappa shape index (κ1) is 12.3. The third kappa shape index (κ3) is 2.58. The van der Waals surface area contributed by atoms with Crippen LogP contribution in [0.25, 0.3) is 0 Å². The number of methoxy groups -OCH3 is 1. The molecule has 2 rings (SSSR count). The van der Waals surface area contributed by atoms with Gasteiger partial charge >= 0.3 is 0 Å². The topological polar surface area (TPSA) is 64.9 Å². The third-order valence-corrected chi connectivity index (χ3v) is 2.61. The average Bonchev–Trinajstić information content (AvgIpc) is 2.71. The maximum absolute atomic E-state index is 5.17. The molecule has 0 fully saturated rings. The molecule has 0 radical (unpaired) electrons. The minimum Gasteiger partial charge on any atom is -0.481 e. The highest BCUT2D eigenvalue weighted by atomic mass is 16.5. The summed E-state index contributed by atoms with van der Waals surface area (Å²) in [4.78, 5) is 8.65. The molecular weight excluding hydrogens is 230 g/mol. The van der Waals surface area contributed by atoms with Crippen LogP contribution in [0.1, 0.15) is 17.1 Å². The second kappa shape index (κ2) is 5.03. The van der Waals surface area contributed by atoms with Crippen LogP contribution in [0.3, 0.4) is 0 Å². The highest BCUT2D eigenvalue weighted by molar-refractivity contribution is 5.40. The summed E-state index contributed by atoms with van der Waals surface area (Å²) in [6.45, 7) is 4.44. The van der Waals surface area contributed by atoms with Crippen LogP contribution in [-0.2, 0) is 13.6 Å². The highest BCUT2D eigenvalue weighted by Crippen LogP contribution is 2.14. The zero-order valence-electron chi connectivity index (χ0n) is 11.1. The van der Waals surface area contributed by atoms with E-state index in [9.17, 15) is 0 Å². The number of rotatable bonds is 4. The molecule has 0 saturated heterocycles. The van der Waals surface area contributed by atoms with E-state index in [1.807, 2.05) is 27.0 Å². The van der Waals surface area contributed by atoms with Crippen LogP contribution in [0.4, 0.5) is 5.82 Å². The molecule has 0 amide bonds. The standard InChI is InChI=1S/C12H17N5O/c1-8-6-13-9(2)12(15-8)14-7-10-5-11(18-4)17(3)16-10/h5-6H,7H2,1-4H3,(H,14,15). The van der Waals surface area contributed by atoms with Crippen molar-refractivity contribution < 1.29 is 4.74 Å². The predicted octanol–water partition coefficient (Wildman–Crippen LogP) is 1.45. The molecule has 0 aliphatic carbocycles. The summed E-state index contributed by atoms with van der Waals surface area (Å²) < 4.78 is 6.87. The summed E-state index contributed by atoms with van der Waals surface area (Å²) in [6.07, 6.45) is 1.75. The number of nitrogens with zero attached hydrogens (tertiary/aromatic N) is 4. The summed E-state index contributed by atoms with van der Waals surface area (Å²) in [5.41, 5.74) is 2.67. The minimum atomic E-state index is 0.593. The average molecular weight is 247 g/mol. The number of nitrogens with one attached hydrogen (secondary N) is 1. The summed E-state index contributed by atoms with van der Waals surface area (Å²) in [5, 5.41) is 7.56. The molecule has 0 aromatic carbocycles. The number of hydrogen-bond donors (Lipinski definition) is 1. The molecule has 0 aliphatic rings. The molecule has 2 aromatic rings. The molecule has 6 nitrogen and oxygen atoms in total. The lowest BCUT2D eigenvalue weighted by Crippen LogP contribution is -2.06. The Labute approximate surface area is 106 Å². The molecule has 18 heavy (non-hydrogen) atoms. The van der Waals surface area contributed by atoms with Crippen molar-refractivity contribution in [3.8, 4) is 5.88 Å². The van der Waals surface area contributed by atoms with Gasteiger partial charge in [-0.2, -0.15) is 5.10 Å². The van der Waals surface area contributed by atoms with Crippen molar-refractivity contribution >= 4 is 5.82 Å². The second-order valence-electron chi connectivity index (χ2n) is 4.10. The van der Waals surface area contributed by atoms with Crippen molar-refractivity contribution in [2.24, 2.45) is 7.05 Å². The van der Waals surface area contributed by atoms with E-state index in [1.165, 1.54) is 0 Å². The molecule has 0 spiro atoms. The molecular formula is C12H17N5O. The van der Waals surface area contributed by atoms with Crippen LogP contribution in [0.2, 0.25) is 0 Å². The van der Waals surface area contributed by atoms with Gasteiger partial charge in [0.2, 0.25) is 5.88 Å². The fourth-order valence-corrected chi connectivity index (χ4v) is 1.66. The summed E-state index contributed by atoms with van der Waals surface area (Å²) in [6, 6.07) is 1.89. The van der Waals surface area contributed by atoms with E-state index in [0.717, 1.165) is 28.8 Å². The first-order chi connectivity index (χ1) is 8.60. The smallest absolute Gasteiger partial charge is 0.211 e. The van der Waals surface area contributed by atoms with E-state index in [-0.39, 0.29) is 0 Å². The van der Waals surface area contributed by atoms with Crippen molar-refractivity contribution in [1.82, 2.24) is 19.7 Å². The SMILES string of the molecule is COc1cc(CNc2nc(C)cnc2C)nn1C. The Bertz CT molecular complexity index is 549. The van der Waals surface area contributed by atoms with Gasteiger partial charge in [0.15, 0.2) is 0 Å². The largest absolute Gasteiger partial charge is 0.481 e. The van der Waals surface area contributed by atoms with E-state index >= 15 is 0 Å². The van der Waals surface area contributed by atoms with Crippen LogP contribution in [0.15, 0.2) is 12.3 Å². The van der Waals surface area contributed by atoms with E-state index in [4.69, 9.17) is 4.74 Å². The van der Waals surface area contributed by atoms with E-state index < -0.39 is 0 Å². The minimum absolute atomic E-state index is 0.593. The van der Waals surface area contributed by atoms with Gasteiger partial charge in [-0.25, -0.2) is 9.67 Å². The van der Waals surface area contributed by atoms with Crippen LogP contribution in [0, 0.1) is 13.8 Å². The molecule has 2 heterocycles. The molecule has 6 heteroatoms.